The second-order valence-corrected chi connectivity index (χ2v) is 6.22. The third-order valence-corrected chi connectivity index (χ3v) is 4.59. The van der Waals surface area contributed by atoms with Crippen LogP contribution in [0.3, 0.4) is 0 Å². The molecule has 1 saturated heterocycles. The van der Waals surface area contributed by atoms with Gasteiger partial charge in [-0.3, -0.25) is 19.7 Å². The summed E-state index contributed by atoms with van der Waals surface area (Å²) in [5, 5.41) is 10.5. The van der Waals surface area contributed by atoms with Crippen molar-refractivity contribution >= 4 is 27.3 Å². The van der Waals surface area contributed by atoms with Gasteiger partial charge in [-0.15, -0.1) is 0 Å². The van der Waals surface area contributed by atoms with Crippen LogP contribution in [-0.4, -0.2) is 42.3 Å². The molecule has 1 aliphatic rings. The van der Waals surface area contributed by atoms with Crippen LogP contribution in [0.15, 0.2) is 29.2 Å². The maximum atomic E-state index is 12.2. The van der Waals surface area contributed by atoms with Crippen molar-refractivity contribution in [2.75, 3.05) is 13.1 Å². The standard InChI is InChI=1S/C11H10N2O6S/c14-9-5-10(15)7-12(6-9)20(18,19)11-3-1-8(2-4-11)13(16)17/h1-4H,5-7H2. The lowest BCUT2D eigenvalue weighted by Crippen LogP contribution is -2.44. The van der Waals surface area contributed by atoms with Gasteiger partial charge in [0.15, 0.2) is 11.6 Å². The zero-order chi connectivity index (χ0) is 14.9. The maximum absolute atomic E-state index is 12.2. The van der Waals surface area contributed by atoms with Gasteiger partial charge in [-0.2, -0.15) is 4.31 Å². The highest BCUT2D eigenvalue weighted by Gasteiger charge is 2.33. The van der Waals surface area contributed by atoms with Gasteiger partial charge in [0.1, 0.15) is 0 Å². The Labute approximate surface area is 114 Å². The molecule has 8 nitrogen and oxygen atoms in total. The van der Waals surface area contributed by atoms with Crippen LogP contribution in [0.4, 0.5) is 5.69 Å². The van der Waals surface area contributed by atoms with Gasteiger partial charge in [0.25, 0.3) is 5.69 Å². The number of Topliss-reactive ketones (excluding diaryl/α,β-unsaturated/α-hetero) is 2. The molecule has 1 aliphatic heterocycles. The first-order valence-corrected chi connectivity index (χ1v) is 7.03. The first-order valence-electron chi connectivity index (χ1n) is 5.59. The Kier molecular flexibility index (Phi) is 3.64. The van der Waals surface area contributed by atoms with E-state index < -0.39 is 26.5 Å². The van der Waals surface area contributed by atoms with Gasteiger partial charge in [-0.05, 0) is 12.1 Å². The third kappa shape index (κ3) is 2.73. The van der Waals surface area contributed by atoms with E-state index >= 15 is 0 Å². The molecule has 0 unspecified atom stereocenters. The van der Waals surface area contributed by atoms with E-state index in [-0.39, 0.29) is 30.1 Å². The van der Waals surface area contributed by atoms with Gasteiger partial charge in [0.05, 0.1) is 29.3 Å². The lowest BCUT2D eigenvalue weighted by atomic mass is 10.1. The van der Waals surface area contributed by atoms with Gasteiger partial charge in [0.2, 0.25) is 10.0 Å². The fourth-order valence-electron chi connectivity index (χ4n) is 1.84. The van der Waals surface area contributed by atoms with Crippen molar-refractivity contribution in [2.45, 2.75) is 11.3 Å². The van der Waals surface area contributed by atoms with Crippen LogP contribution < -0.4 is 0 Å². The number of nitrogens with zero attached hydrogens (tertiary/aromatic N) is 2. The predicted molar refractivity (Wildman–Crippen MR) is 66.5 cm³/mol. The molecule has 0 aromatic heterocycles. The quantitative estimate of drug-likeness (QED) is 0.445. The minimum Gasteiger partial charge on any atom is -0.298 e. The molecule has 106 valence electrons. The molecule has 0 amide bonds. The molecule has 0 bridgehead atoms. The number of nitro benzene ring substituents is 1. The van der Waals surface area contributed by atoms with Crippen LogP contribution in [-0.2, 0) is 19.6 Å². The van der Waals surface area contributed by atoms with E-state index in [1.165, 1.54) is 0 Å². The van der Waals surface area contributed by atoms with Crippen LogP contribution >= 0.6 is 0 Å². The van der Waals surface area contributed by atoms with Crippen molar-refractivity contribution in [3.63, 3.8) is 0 Å². The molecule has 1 fully saturated rings. The van der Waals surface area contributed by atoms with Crippen molar-refractivity contribution in [3.05, 3.63) is 34.4 Å². The highest BCUT2D eigenvalue weighted by Crippen LogP contribution is 2.21. The molecule has 0 N–H and O–H groups in total. The summed E-state index contributed by atoms with van der Waals surface area (Å²) in [5.41, 5.74) is -0.241. The molecule has 20 heavy (non-hydrogen) atoms. The smallest absolute Gasteiger partial charge is 0.269 e. The van der Waals surface area contributed by atoms with E-state index in [0.717, 1.165) is 28.6 Å². The number of piperidine rings is 1. The highest BCUT2D eigenvalue weighted by molar-refractivity contribution is 7.89. The number of hydrogen-bond donors (Lipinski definition) is 0. The molecule has 0 radical (unpaired) electrons. The number of carbonyl (C=O) groups is 2. The Hall–Kier alpha value is -2.13. The minimum atomic E-state index is -4.00. The molecule has 2 rings (SSSR count). The molecular formula is C11H10N2O6S. The summed E-state index contributed by atoms with van der Waals surface area (Å²) in [6.07, 6.45) is -0.258. The molecule has 1 aromatic rings. The Morgan fingerprint density at radius 2 is 1.55 bits per heavy atom. The van der Waals surface area contributed by atoms with E-state index in [1.807, 2.05) is 0 Å². The molecule has 0 spiro atoms. The Morgan fingerprint density at radius 1 is 1.05 bits per heavy atom. The van der Waals surface area contributed by atoms with Gasteiger partial charge in [-0.25, -0.2) is 8.42 Å². The summed E-state index contributed by atoms with van der Waals surface area (Å²) in [6, 6.07) is 4.27. The monoisotopic (exact) mass is 298 g/mol. The lowest BCUT2D eigenvalue weighted by molar-refractivity contribution is -0.384. The number of hydrogen-bond acceptors (Lipinski definition) is 6. The summed E-state index contributed by atoms with van der Waals surface area (Å²) in [4.78, 5) is 32.2. The Morgan fingerprint density at radius 3 is 2.00 bits per heavy atom. The number of sulfonamides is 1. The zero-order valence-electron chi connectivity index (χ0n) is 10.2. The van der Waals surface area contributed by atoms with Crippen LogP contribution in [0.25, 0.3) is 0 Å². The zero-order valence-corrected chi connectivity index (χ0v) is 11.0. The highest BCUT2D eigenvalue weighted by atomic mass is 32.2. The van der Waals surface area contributed by atoms with Gasteiger partial charge >= 0.3 is 0 Å². The van der Waals surface area contributed by atoms with Crippen LogP contribution in [0.2, 0.25) is 0 Å². The number of carbonyl (C=O) groups excluding carboxylic acids is 2. The molecule has 9 heteroatoms. The first-order chi connectivity index (χ1) is 9.30. The maximum Gasteiger partial charge on any atom is 0.269 e. The minimum absolute atomic E-state index is 0.189. The molecular weight excluding hydrogens is 288 g/mol. The fraction of sp³-hybridized carbons (Fsp3) is 0.273. The molecule has 1 heterocycles. The summed E-state index contributed by atoms with van der Waals surface area (Å²) in [5.74, 6) is -0.932. The third-order valence-electron chi connectivity index (χ3n) is 2.79. The van der Waals surface area contributed by atoms with Gasteiger partial charge in [0, 0.05) is 12.1 Å². The van der Waals surface area contributed by atoms with E-state index in [9.17, 15) is 28.1 Å². The van der Waals surface area contributed by atoms with Gasteiger partial charge in [-0.1, -0.05) is 0 Å². The second kappa shape index (κ2) is 5.10. The lowest BCUT2D eigenvalue weighted by Gasteiger charge is -2.24. The van der Waals surface area contributed by atoms with Crippen LogP contribution in [0, 0.1) is 10.1 Å². The first kappa shape index (κ1) is 14.3. The summed E-state index contributed by atoms with van der Waals surface area (Å²) in [6.45, 7) is -0.712. The van der Waals surface area contributed by atoms with E-state index in [4.69, 9.17) is 0 Å². The number of rotatable bonds is 3. The summed E-state index contributed by atoms with van der Waals surface area (Å²) >= 11 is 0. The number of ketones is 2. The fourth-order valence-corrected chi connectivity index (χ4v) is 3.25. The Balaban J connectivity index is 2.32. The van der Waals surface area contributed by atoms with Crippen molar-refractivity contribution in [1.29, 1.82) is 0 Å². The number of benzene rings is 1. The van der Waals surface area contributed by atoms with Crippen LogP contribution in [0.1, 0.15) is 6.42 Å². The summed E-state index contributed by atoms with van der Waals surface area (Å²) in [7, 11) is -4.00. The number of non-ortho nitro benzene ring substituents is 1. The Bertz CT molecular complexity index is 663. The van der Waals surface area contributed by atoms with Crippen molar-refractivity contribution in [2.24, 2.45) is 0 Å². The van der Waals surface area contributed by atoms with E-state index in [0.29, 0.717) is 0 Å². The van der Waals surface area contributed by atoms with E-state index in [2.05, 4.69) is 0 Å². The molecule has 0 saturated carbocycles. The van der Waals surface area contributed by atoms with Crippen molar-refractivity contribution < 1.29 is 22.9 Å². The molecule has 1 aromatic carbocycles. The normalized spacial score (nSPS) is 17.2. The van der Waals surface area contributed by atoms with Crippen LogP contribution in [0.5, 0.6) is 0 Å². The van der Waals surface area contributed by atoms with E-state index in [1.54, 1.807) is 0 Å². The van der Waals surface area contributed by atoms with Crippen molar-refractivity contribution in [3.8, 4) is 0 Å². The second-order valence-electron chi connectivity index (χ2n) is 4.28. The molecule has 0 aliphatic carbocycles. The summed E-state index contributed by atoms with van der Waals surface area (Å²) < 4.78 is 25.2. The van der Waals surface area contributed by atoms with Crippen molar-refractivity contribution in [1.82, 2.24) is 4.31 Å². The average Bonchev–Trinajstić information content (AvgIpc) is 2.37. The average molecular weight is 298 g/mol. The predicted octanol–water partition coefficient (Wildman–Crippen LogP) is 0.127. The largest absolute Gasteiger partial charge is 0.298 e. The number of nitro groups is 1. The molecule has 0 atom stereocenters. The SMILES string of the molecule is O=C1CC(=O)CN(S(=O)(=O)c2ccc([N+](=O)[O-])cc2)C1. The topological polar surface area (TPSA) is 115 Å². The van der Waals surface area contributed by atoms with Gasteiger partial charge < -0.3 is 0 Å².